The number of halogens is 1. The van der Waals surface area contributed by atoms with Gasteiger partial charge in [-0.2, -0.15) is 0 Å². The van der Waals surface area contributed by atoms with Gasteiger partial charge < -0.3 is 10.1 Å². The standard InChI is InChI=1S/C15H19BrN2O2/c1-17-15(19)13-3-2-5-18(13)9-11-8-12(16)7-10-4-6-20-14(10)11/h7-8,13H,2-6,9H2,1H3,(H,17,19)/t13-/m0/s1. The van der Waals surface area contributed by atoms with Crippen LogP contribution in [0.3, 0.4) is 0 Å². The number of likely N-dealkylation sites (tertiary alicyclic amines) is 1. The van der Waals surface area contributed by atoms with Crippen LogP contribution in [0.2, 0.25) is 0 Å². The predicted octanol–water partition coefficient (Wildman–Crippen LogP) is 2.09. The molecule has 1 N–H and O–H groups in total. The van der Waals surface area contributed by atoms with E-state index < -0.39 is 0 Å². The second kappa shape index (κ2) is 5.74. The number of fused-ring (bicyclic) bond motifs is 1. The molecule has 1 saturated heterocycles. The Labute approximate surface area is 127 Å². The second-order valence-electron chi connectivity index (χ2n) is 5.39. The SMILES string of the molecule is CNC(=O)[C@@H]1CCCN1Cc1cc(Br)cc2c1OCC2. The number of hydrogen-bond acceptors (Lipinski definition) is 3. The highest BCUT2D eigenvalue weighted by atomic mass is 79.9. The first-order valence-corrected chi connectivity index (χ1v) is 7.88. The first kappa shape index (κ1) is 13.9. The third-order valence-electron chi connectivity index (χ3n) is 4.11. The Bertz CT molecular complexity index is 533. The van der Waals surface area contributed by atoms with Crippen LogP contribution < -0.4 is 10.1 Å². The molecule has 0 aliphatic carbocycles. The number of rotatable bonds is 3. The van der Waals surface area contributed by atoms with Crippen LogP contribution >= 0.6 is 15.9 Å². The molecule has 2 heterocycles. The highest BCUT2D eigenvalue weighted by Gasteiger charge is 2.31. The van der Waals surface area contributed by atoms with E-state index in [1.165, 1.54) is 11.1 Å². The molecule has 1 aromatic carbocycles. The number of nitrogens with zero attached hydrogens (tertiary/aromatic N) is 1. The van der Waals surface area contributed by atoms with Crippen LogP contribution in [0.1, 0.15) is 24.0 Å². The van der Waals surface area contributed by atoms with Gasteiger partial charge in [-0.15, -0.1) is 0 Å². The number of carbonyl (C=O) groups is 1. The summed E-state index contributed by atoms with van der Waals surface area (Å²) in [7, 11) is 1.71. The number of likely N-dealkylation sites (N-methyl/N-ethyl adjacent to an activating group) is 1. The zero-order valence-electron chi connectivity index (χ0n) is 11.6. The zero-order valence-corrected chi connectivity index (χ0v) is 13.2. The number of amides is 1. The molecule has 0 bridgehead atoms. The summed E-state index contributed by atoms with van der Waals surface area (Å²) in [5, 5.41) is 2.77. The molecule has 1 amide bonds. The van der Waals surface area contributed by atoms with Gasteiger partial charge in [-0.1, -0.05) is 15.9 Å². The third kappa shape index (κ3) is 2.56. The lowest BCUT2D eigenvalue weighted by atomic mass is 10.1. The van der Waals surface area contributed by atoms with Crippen molar-refractivity contribution in [3.8, 4) is 5.75 Å². The van der Waals surface area contributed by atoms with Crippen LogP contribution in [0.4, 0.5) is 0 Å². The maximum absolute atomic E-state index is 11.9. The molecule has 0 aromatic heterocycles. The van der Waals surface area contributed by atoms with E-state index in [4.69, 9.17) is 4.74 Å². The van der Waals surface area contributed by atoms with Crippen molar-refractivity contribution < 1.29 is 9.53 Å². The molecule has 108 valence electrons. The number of hydrogen-bond donors (Lipinski definition) is 1. The largest absolute Gasteiger partial charge is 0.493 e. The molecule has 2 aliphatic rings. The Morgan fingerprint density at radius 3 is 3.20 bits per heavy atom. The summed E-state index contributed by atoms with van der Waals surface area (Å²) < 4.78 is 6.86. The van der Waals surface area contributed by atoms with Crippen molar-refractivity contribution in [3.05, 3.63) is 27.7 Å². The van der Waals surface area contributed by atoms with Gasteiger partial charge >= 0.3 is 0 Å². The molecule has 2 aliphatic heterocycles. The van der Waals surface area contributed by atoms with Crippen molar-refractivity contribution in [2.75, 3.05) is 20.2 Å². The van der Waals surface area contributed by atoms with Crippen molar-refractivity contribution in [1.82, 2.24) is 10.2 Å². The fourth-order valence-corrected chi connectivity index (χ4v) is 3.71. The molecule has 0 unspecified atom stereocenters. The van der Waals surface area contributed by atoms with Crippen LogP contribution in [-0.4, -0.2) is 37.0 Å². The maximum Gasteiger partial charge on any atom is 0.237 e. The monoisotopic (exact) mass is 338 g/mol. The van der Waals surface area contributed by atoms with E-state index in [0.717, 1.165) is 49.2 Å². The van der Waals surface area contributed by atoms with Gasteiger partial charge in [-0.3, -0.25) is 9.69 Å². The summed E-state index contributed by atoms with van der Waals surface area (Å²) in [4.78, 5) is 14.2. The van der Waals surface area contributed by atoms with Crippen LogP contribution in [0.5, 0.6) is 5.75 Å². The molecule has 0 saturated carbocycles. The number of ether oxygens (including phenoxy) is 1. The summed E-state index contributed by atoms with van der Waals surface area (Å²) in [5.74, 6) is 1.14. The lowest BCUT2D eigenvalue weighted by molar-refractivity contribution is -0.125. The molecule has 1 atom stereocenters. The molecular formula is C15H19BrN2O2. The first-order chi connectivity index (χ1) is 9.69. The van der Waals surface area contributed by atoms with Gasteiger partial charge in [0, 0.05) is 30.0 Å². The van der Waals surface area contributed by atoms with Crippen molar-refractivity contribution in [3.63, 3.8) is 0 Å². The summed E-state index contributed by atoms with van der Waals surface area (Å²) in [6, 6.07) is 4.24. The Kier molecular flexibility index (Phi) is 3.98. The van der Waals surface area contributed by atoms with E-state index in [9.17, 15) is 4.79 Å². The fraction of sp³-hybridized carbons (Fsp3) is 0.533. The topological polar surface area (TPSA) is 41.6 Å². The van der Waals surface area contributed by atoms with Gasteiger partial charge in [0.2, 0.25) is 5.91 Å². The van der Waals surface area contributed by atoms with Gasteiger partial charge in [0.05, 0.1) is 12.6 Å². The minimum Gasteiger partial charge on any atom is -0.493 e. The van der Waals surface area contributed by atoms with Crippen LogP contribution in [0.25, 0.3) is 0 Å². The van der Waals surface area contributed by atoms with Gasteiger partial charge in [-0.05, 0) is 37.1 Å². The molecule has 0 spiro atoms. The Balaban J connectivity index is 1.83. The minimum atomic E-state index is -0.00367. The van der Waals surface area contributed by atoms with Gasteiger partial charge in [-0.25, -0.2) is 0 Å². The van der Waals surface area contributed by atoms with Crippen molar-refractivity contribution >= 4 is 21.8 Å². The van der Waals surface area contributed by atoms with E-state index in [-0.39, 0.29) is 11.9 Å². The molecular weight excluding hydrogens is 320 g/mol. The number of carbonyl (C=O) groups excluding carboxylic acids is 1. The maximum atomic E-state index is 11.9. The molecule has 5 heteroatoms. The summed E-state index contributed by atoms with van der Waals surface area (Å²) in [6.45, 7) is 2.51. The number of nitrogens with one attached hydrogen (secondary N) is 1. The molecule has 1 fully saturated rings. The molecule has 20 heavy (non-hydrogen) atoms. The van der Waals surface area contributed by atoms with Gasteiger partial charge in [0.1, 0.15) is 5.75 Å². The molecule has 1 aromatic rings. The van der Waals surface area contributed by atoms with Gasteiger partial charge in [0.15, 0.2) is 0 Å². The summed E-state index contributed by atoms with van der Waals surface area (Å²) in [6.07, 6.45) is 2.99. The van der Waals surface area contributed by atoms with E-state index >= 15 is 0 Å². The van der Waals surface area contributed by atoms with E-state index in [1.54, 1.807) is 7.05 Å². The predicted molar refractivity (Wildman–Crippen MR) is 80.8 cm³/mol. The summed E-state index contributed by atoms with van der Waals surface area (Å²) in [5.41, 5.74) is 2.45. The van der Waals surface area contributed by atoms with Crippen molar-refractivity contribution in [2.24, 2.45) is 0 Å². The normalized spacial score (nSPS) is 21.6. The molecule has 4 nitrogen and oxygen atoms in total. The van der Waals surface area contributed by atoms with E-state index in [0.29, 0.717) is 0 Å². The fourth-order valence-electron chi connectivity index (χ4n) is 3.16. The lowest BCUT2D eigenvalue weighted by Gasteiger charge is -2.24. The van der Waals surface area contributed by atoms with E-state index in [1.807, 2.05) is 0 Å². The quantitative estimate of drug-likeness (QED) is 0.917. The molecule has 0 radical (unpaired) electrons. The Morgan fingerprint density at radius 2 is 2.40 bits per heavy atom. The van der Waals surface area contributed by atoms with Crippen LogP contribution in [-0.2, 0) is 17.8 Å². The Hall–Kier alpha value is -1.07. The highest BCUT2D eigenvalue weighted by Crippen LogP contribution is 2.34. The van der Waals surface area contributed by atoms with Crippen molar-refractivity contribution in [2.45, 2.75) is 31.8 Å². The zero-order chi connectivity index (χ0) is 14.1. The average molecular weight is 339 g/mol. The lowest BCUT2D eigenvalue weighted by Crippen LogP contribution is -2.41. The summed E-state index contributed by atoms with van der Waals surface area (Å²) >= 11 is 3.57. The highest BCUT2D eigenvalue weighted by molar-refractivity contribution is 9.10. The minimum absolute atomic E-state index is 0.00367. The third-order valence-corrected chi connectivity index (χ3v) is 4.57. The van der Waals surface area contributed by atoms with Gasteiger partial charge in [0.25, 0.3) is 0 Å². The van der Waals surface area contributed by atoms with Crippen LogP contribution in [0, 0.1) is 0 Å². The Morgan fingerprint density at radius 1 is 1.55 bits per heavy atom. The van der Waals surface area contributed by atoms with Crippen LogP contribution in [0.15, 0.2) is 16.6 Å². The average Bonchev–Trinajstić information content (AvgIpc) is 3.06. The number of benzene rings is 1. The second-order valence-corrected chi connectivity index (χ2v) is 6.31. The van der Waals surface area contributed by atoms with Crippen molar-refractivity contribution in [1.29, 1.82) is 0 Å². The first-order valence-electron chi connectivity index (χ1n) is 7.09. The smallest absolute Gasteiger partial charge is 0.237 e. The van der Waals surface area contributed by atoms with E-state index in [2.05, 4.69) is 38.3 Å². The molecule has 3 rings (SSSR count).